The predicted molar refractivity (Wildman–Crippen MR) is 61.1 cm³/mol. The van der Waals surface area contributed by atoms with Crippen LogP contribution in [0.15, 0.2) is 24.3 Å². The Morgan fingerprint density at radius 2 is 2.07 bits per heavy atom. The molecule has 0 aliphatic carbocycles. The summed E-state index contributed by atoms with van der Waals surface area (Å²) >= 11 is 0. The molecule has 0 N–H and O–H groups in total. The fraction of sp³-hybridized carbons (Fsp3) is 0.538. The second-order valence-electron chi connectivity index (χ2n) is 3.35. The third kappa shape index (κ3) is 6.13. The van der Waals surface area contributed by atoms with Crippen LogP contribution in [0, 0.1) is 6.07 Å². The van der Waals surface area contributed by atoms with Gasteiger partial charge in [-0.05, 0) is 44.4 Å². The maximum absolute atomic E-state index is 5.54. The van der Waals surface area contributed by atoms with Crippen LogP contribution in [0.3, 0.4) is 0 Å². The van der Waals surface area contributed by atoms with Gasteiger partial charge >= 0.3 is 0 Å². The van der Waals surface area contributed by atoms with Crippen LogP contribution in [-0.4, -0.2) is 19.8 Å². The highest BCUT2D eigenvalue weighted by molar-refractivity contribution is 5.19. The van der Waals surface area contributed by atoms with Gasteiger partial charge in [-0.15, -0.1) is 0 Å². The van der Waals surface area contributed by atoms with Crippen molar-refractivity contribution < 1.29 is 9.47 Å². The minimum atomic E-state index is 0.782. The van der Waals surface area contributed by atoms with Crippen molar-refractivity contribution >= 4 is 0 Å². The maximum atomic E-state index is 5.54. The fourth-order valence-corrected chi connectivity index (χ4v) is 1.28. The van der Waals surface area contributed by atoms with Crippen molar-refractivity contribution in [3.8, 4) is 5.75 Å². The second-order valence-corrected chi connectivity index (χ2v) is 3.35. The summed E-state index contributed by atoms with van der Waals surface area (Å²) in [6, 6.07) is 10.6. The zero-order valence-electron chi connectivity index (χ0n) is 9.37. The van der Waals surface area contributed by atoms with Gasteiger partial charge in [0.05, 0.1) is 6.61 Å². The van der Waals surface area contributed by atoms with Gasteiger partial charge in [0, 0.05) is 13.2 Å². The molecule has 83 valence electrons. The molecule has 0 heterocycles. The minimum Gasteiger partial charge on any atom is -0.494 e. The summed E-state index contributed by atoms with van der Waals surface area (Å²) in [6.45, 7) is 4.49. The molecule has 0 bridgehead atoms. The lowest BCUT2D eigenvalue weighted by molar-refractivity contribution is 0.141. The molecule has 0 spiro atoms. The number of ether oxygens (including phenoxy) is 2. The molecule has 15 heavy (non-hydrogen) atoms. The summed E-state index contributed by atoms with van der Waals surface area (Å²) < 4.78 is 10.8. The molecule has 1 aromatic carbocycles. The molecule has 2 nitrogen and oxygen atoms in total. The van der Waals surface area contributed by atoms with Gasteiger partial charge in [0.25, 0.3) is 0 Å². The predicted octanol–water partition coefficient (Wildman–Crippen LogP) is 3.07. The molecule has 0 atom stereocenters. The molecule has 0 amide bonds. The van der Waals surface area contributed by atoms with E-state index in [-0.39, 0.29) is 0 Å². The molecule has 0 aliphatic rings. The van der Waals surface area contributed by atoms with E-state index in [1.807, 2.05) is 31.2 Å². The Kier molecular flexibility index (Phi) is 6.67. The van der Waals surface area contributed by atoms with Crippen molar-refractivity contribution in [2.45, 2.75) is 26.2 Å². The van der Waals surface area contributed by atoms with E-state index in [9.17, 15) is 0 Å². The SMILES string of the molecule is CCOCCCCCOc1c[c]ccc1. The van der Waals surface area contributed by atoms with Gasteiger partial charge in [0.2, 0.25) is 0 Å². The summed E-state index contributed by atoms with van der Waals surface area (Å²) in [4.78, 5) is 0. The van der Waals surface area contributed by atoms with Gasteiger partial charge in [-0.2, -0.15) is 0 Å². The highest BCUT2D eigenvalue weighted by Gasteiger charge is 1.92. The molecule has 1 aromatic rings. The standard InChI is InChI=1S/C13H19O2/c1-2-14-11-7-4-8-12-15-13-9-5-3-6-10-13/h3,5,9-10H,2,4,7-8,11-12H2,1H3. The first kappa shape index (κ1) is 12.1. The van der Waals surface area contributed by atoms with Crippen molar-refractivity contribution in [1.29, 1.82) is 0 Å². The highest BCUT2D eigenvalue weighted by Crippen LogP contribution is 2.08. The van der Waals surface area contributed by atoms with Crippen molar-refractivity contribution in [3.05, 3.63) is 30.3 Å². The van der Waals surface area contributed by atoms with Crippen molar-refractivity contribution in [1.82, 2.24) is 0 Å². The summed E-state index contributed by atoms with van der Waals surface area (Å²) in [5.41, 5.74) is 0. The number of unbranched alkanes of at least 4 members (excludes halogenated alkanes) is 2. The monoisotopic (exact) mass is 207 g/mol. The lowest BCUT2D eigenvalue weighted by atomic mass is 10.2. The van der Waals surface area contributed by atoms with Gasteiger partial charge in [-0.25, -0.2) is 0 Å². The normalized spacial score (nSPS) is 10.2. The zero-order valence-corrected chi connectivity index (χ0v) is 9.37. The minimum absolute atomic E-state index is 0.782. The molecular weight excluding hydrogens is 188 g/mol. The van der Waals surface area contributed by atoms with Crippen molar-refractivity contribution in [2.75, 3.05) is 19.8 Å². The topological polar surface area (TPSA) is 18.5 Å². The molecule has 0 saturated carbocycles. The Bertz CT molecular complexity index is 234. The average molecular weight is 207 g/mol. The second kappa shape index (κ2) is 8.30. The first-order chi connectivity index (χ1) is 7.43. The van der Waals surface area contributed by atoms with E-state index in [0.717, 1.165) is 44.8 Å². The average Bonchev–Trinajstić information content (AvgIpc) is 2.29. The van der Waals surface area contributed by atoms with Crippen LogP contribution < -0.4 is 4.74 Å². The molecular formula is C13H19O2. The van der Waals surface area contributed by atoms with Crippen LogP contribution in [0.2, 0.25) is 0 Å². The van der Waals surface area contributed by atoms with Crippen molar-refractivity contribution in [2.24, 2.45) is 0 Å². The Morgan fingerprint density at radius 3 is 2.80 bits per heavy atom. The first-order valence-corrected chi connectivity index (χ1v) is 5.60. The van der Waals surface area contributed by atoms with Crippen LogP contribution in [0.4, 0.5) is 0 Å². The van der Waals surface area contributed by atoms with Gasteiger partial charge in [0.15, 0.2) is 0 Å². The van der Waals surface area contributed by atoms with E-state index in [2.05, 4.69) is 6.07 Å². The number of hydrogen-bond donors (Lipinski definition) is 0. The van der Waals surface area contributed by atoms with E-state index in [1.54, 1.807) is 0 Å². The first-order valence-electron chi connectivity index (χ1n) is 5.60. The van der Waals surface area contributed by atoms with Gasteiger partial charge in [-0.3, -0.25) is 0 Å². The molecule has 0 aromatic heterocycles. The Hall–Kier alpha value is -1.02. The van der Waals surface area contributed by atoms with Crippen LogP contribution >= 0.6 is 0 Å². The summed E-state index contributed by atoms with van der Waals surface area (Å²) in [6.07, 6.45) is 3.37. The van der Waals surface area contributed by atoms with Crippen molar-refractivity contribution in [3.63, 3.8) is 0 Å². The Morgan fingerprint density at radius 1 is 1.20 bits per heavy atom. The molecule has 0 unspecified atom stereocenters. The number of benzene rings is 1. The summed E-state index contributed by atoms with van der Waals surface area (Å²) in [7, 11) is 0. The number of rotatable bonds is 8. The van der Waals surface area contributed by atoms with Gasteiger partial charge in [0.1, 0.15) is 5.75 Å². The molecule has 2 heteroatoms. The third-order valence-corrected chi connectivity index (χ3v) is 2.08. The van der Waals surface area contributed by atoms with Gasteiger partial charge < -0.3 is 9.47 Å². The molecule has 1 rings (SSSR count). The van der Waals surface area contributed by atoms with Crippen LogP contribution in [0.5, 0.6) is 5.75 Å². The van der Waals surface area contributed by atoms with E-state index >= 15 is 0 Å². The van der Waals surface area contributed by atoms with E-state index in [0.29, 0.717) is 0 Å². The quantitative estimate of drug-likeness (QED) is 0.610. The maximum Gasteiger partial charge on any atom is 0.119 e. The van der Waals surface area contributed by atoms with E-state index < -0.39 is 0 Å². The highest BCUT2D eigenvalue weighted by atomic mass is 16.5. The van der Waals surface area contributed by atoms with Crippen LogP contribution in [0.1, 0.15) is 26.2 Å². The molecule has 0 fully saturated rings. The Balaban J connectivity index is 1.93. The smallest absolute Gasteiger partial charge is 0.119 e. The van der Waals surface area contributed by atoms with E-state index in [4.69, 9.17) is 9.47 Å². The Labute approximate surface area is 92.2 Å². The van der Waals surface area contributed by atoms with Crippen LogP contribution in [0.25, 0.3) is 0 Å². The zero-order chi connectivity index (χ0) is 10.8. The molecule has 1 radical (unpaired) electrons. The lowest BCUT2D eigenvalue weighted by Crippen LogP contribution is -1.99. The van der Waals surface area contributed by atoms with E-state index in [1.165, 1.54) is 0 Å². The summed E-state index contributed by atoms with van der Waals surface area (Å²) in [5, 5.41) is 0. The fourth-order valence-electron chi connectivity index (χ4n) is 1.28. The molecule has 0 aliphatic heterocycles. The summed E-state index contributed by atoms with van der Waals surface area (Å²) in [5.74, 6) is 0.905. The molecule has 0 saturated heterocycles. The number of hydrogen-bond acceptors (Lipinski definition) is 2. The largest absolute Gasteiger partial charge is 0.494 e. The third-order valence-electron chi connectivity index (χ3n) is 2.08. The van der Waals surface area contributed by atoms with Gasteiger partial charge in [-0.1, -0.05) is 12.1 Å². The lowest BCUT2D eigenvalue weighted by Gasteiger charge is -2.05. The van der Waals surface area contributed by atoms with Crippen LogP contribution in [-0.2, 0) is 4.74 Å².